The summed E-state index contributed by atoms with van der Waals surface area (Å²) in [5, 5.41) is 11.3. The third-order valence-electron chi connectivity index (χ3n) is 1.63. The van der Waals surface area contributed by atoms with Crippen LogP contribution >= 0.6 is 0 Å². The summed E-state index contributed by atoms with van der Waals surface area (Å²) in [5.41, 5.74) is 5.60. The fourth-order valence-electron chi connectivity index (χ4n) is 1.02. The average molecular weight is 160 g/mol. The zero-order chi connectivity index (χ0) is 8.85. The molecule has 4 heteroatoms. The molecule has 11 heavy (non-hydrogen) atoms. The predicted molar refractivity (Wildman–Crippen MR) is 43.4 cm³/mol. The summed E-state index contributed by atoms with van der Waals surface area (Å²) in [6, 6.07) is -0.905. The summed E-state index contributed by atoms with van der Waals surface area (Å²) in [5.74, 6) is -0.881. The van der Waals surface area contributed by atoms with E-state index < -0.39 is 12.0 Å². The highest BCUT2D eigenvalue weighted by Gasteiger charge is 2.21. The second kappa shape index (κ2) is 5.09. The Labute approximate surface area is 66.8 Å². The van der Waals surface area contributed by atoms with Crippen molar-refractivity contribution < 1.29 is 9.90 Å². The second-order valence-corrected chi connectivity index (χ2v) is 2.56. The first-order valence-corrected chi connectivity index (χ1v) is 3.79. The molecule has 0 saturated carbocycles. The number of nitrogens with two attached hydrogens (primary N) is 1. The van der Waals surface area contributed by atoms with Gasteiger partial charge >= 0.3 is 5.97 Å². The number of hydrogen-bond donors (Lipinski definition) is 3. The van der Waals surface area contributed by atoms with E-state index >= 15 is 0 Å². The molecule has 0 heterocycles. The van der Waals surface area contributed by atoms with Crippen molar-refractivity contribution in [2.45, 2.75) is 31.8 Å². The van der Waals surface area contributed by atoms with E-state index in [1.54, 1.807) is 7.05 Å². The maximum Gasteiger partial charge on any atom is 0.322 e. The van der Waals surface area contributed by atoms with Gasteiger partial charge in [-0.1, -0.05) is 13.3 Å². The SMILES string of the molecule is CCCC(N)C(NC)C(=O)O. The van der Waals surface area contributed by atoms with Crippen molar-refractivity contribution >= 4 is 5.97 Å². The number of nitrogens with one attached hydrogen (secondary N) is 1. The van der Waals surface area contributed by atoms with Gasteiger partial charge < -0.3 is 16.2 Å². The number of aliphatic carboxylic acids is 1. The Morgan fingerprint density at radius 2 is 2.27 bits per heavy atom. The van der Waals surface area contributed by atoms with Crippen molar-refractivity contribution in [3.8, 4) is 0 Å². The Hall–Kier alpha value is -0.610. The van der Waals surface area contributed by atoms with Crippen molar-refractivity contribution in [1.82, 2.24) is 5.32 Å². The molecule has 0 saturated heterocycles. The Balaban J connectivity index is 3.91. The Bertz CT molecular complexity index is 128. The Morgan fingerprint density at radius 3 is 2.55 bits per heavy atom. The van der Waals surface area contributed by atoms with Crippen molar-refractivity contribution in [3.05, 3.63) is 0 Å². The van der Waals surface area contributed by atoms with Crippen molar-refractivity contribution in [3.63, 3.8) is 0 Å². The predicted octanol–water partition coefficient (Wildman–Crippen LogP) is -0.214. The number of likely N-dealkylation sites (N-methyl/N-ethyl adjacent to an activating group) is 1. The number of hydrogen-bond acceptors (Lipinski definition) is 3. The van der Waals surface area contributed by atoms with E-state index in [1.165, 1.54) is 0 Å². The van der Waals surface area contributed by atoms with Crippen molar-refractivity contribution in [1.29, 1.82) is 0 Å². The van der Waals surface area contributed by atoms with Gasteiger partial charge in [-0.15, -0.1) is 0 Å². The molecular weight excluding hydrogens is 144 g/mol. The minimum absolute atomic E-state index is 0.289. The molecule has 0 aromatic heterocycles. The van der Waals surface area contributed by atoms with Gasteiger partial charge in [0.15, 0.2) is 0 Å². The van der Waals surface area contributed by atoms with Gasteiger partial charge in [0.25, 0.3) is 0 Å². The van der Waals surface area contributed by atoms with Crippen molar-refractivity contribution in [2.24, 2.45) is 5.73 Å². The standard InChI is InChI=1S/C7H16N2O2/c1-3-4-5(8)6(9-2)7(10)11/h5-6,9H,3-4,8H2,1-2H3,(H,10,11). The van der Waals surface area contributed by atoms with Crippen LogP contribution in [0.15, 0.2) is 0 Å². The molecule has 0 bridgehead atoms. The summed E-state index contributed by atoms with van der Waals surface area (Å²) < 4.78 is 0. The van der Waals surface area contributed by atoms with E-state index in [1.807, 2.05) is 6.92 Å². The van der Waals surface area contributed by atoms with Gasteiger partial charge in [0.05, 0.1) is 0 Å². The molecule has 0 rings (SSSR count). The molecular formula is C7H16N2O2. The normalized spacial score (nSPS) is 15.9. The fraction of sp³-hybridized carbons (Fsp3) is 0.857. The summed E-state index contributed by atoms with van der Waals surface area (Å²) >= 11 is 0. The number of carboxylic acids is 1. The van der Waals surface area contributed by atoms with Crippen LogP contribution in [0.25, 0.3) is 0 Å². The maximum atomic E-state index is 10.5. The molecule has 0 fully saturated rings. The van der Waals surface area contributed by atoms with Gasteiger partial charge in [0, 0.05) is 6.04 Å². The largest absolute Gasteiger partial charge is 0.480 e. The quantitative estimate of drug-likeness (QED) is 0.520. The third-order valence-corrected chi connectivity index (χ3v) is 1.63. The lowest BCUT2D eigenvalue weighted by Crippen LogP contribution is -2.48. The molecule has 2 unspecified atom stereocenters. The maximum absolute atomic E-state index is 10.5. The first-order valence-electron chi connectivity index (χ1n) is 3.79. The number of carbonyl (C=O) groups is 1. The molecule has 0 aliphatic carbocycles. The van der Waals surface area contributed by atoms with Gasteiger partial charge in [-0.3, -0.25) is 4.79 Å². The van der Waals surface area contributed by atoms with Crippen LogP contribution in [0, 0.1) is 0 Å². The second-order valence-electron chi connectivity index (χ2n) is 2.56. The number of carboxylic acid groups (broad SMARTS) is 1. The summed E-state index contributed by atoms with van der Waals surface area (Å²) in [6.07, 6.45) is 1.64. The average Bonchev–Trinajstić information content (AvgIpc) is 1.88. The monoisotopic (exact) mass is 160 g/mol. The highest BCUT2D eigenvalue weighted by molar-refractivity contribution is 5.74. The minimum atomic E-state index is -0.881. The zero-order valence-electron chi connectivity index (χ0n) is 7.00. The van der Waals surface area contributed by atoms with E-state index in [2.05, 4.69) is 5.32 Å². The molecule has 0 spiro atoms. The first-order chi connectivity index (χ1) is 5.13. The third kappa shape index (κ3) is 3.34. The highest BCUT2D eigenvalue weighted by Crippen LogP contribution is 1.98. The lowest BCUT2D eigenvalue weighted by Gasteiger charge is -2.18. The molecule has 0 aromatic rings. The summed E-state index contributed by atoms with van der Waals surface area (Å²) in [4.78, 5) is 10.5. The van der Waals surface area contributed by atoms with Crippen LogP contribution in [-0.2, 0) is 4.79 Å². The highest BCUT2D eigenvalue weighted by atomic mass is 16.4. The molecule has 4 N–H and O–H groups in total. The van der Waals surface area contributed by atoms with Gasteiger partial charge in [-0.05, 0) is 13.5 Å². The fourth-order valence-corrected chi connectivity index (χ4v) is 1.02. The van der Waals surface area contributed by atoms with Crippen LogP contribution in [-0.4, -0.2) is 30.2 Å². The van der Waals surface area contributed by atoms with E-state index in [9.17, 15) is 4.79 Å². The summed E-state index contributed by atoms with van der Waals surface area (Å²) in [7, 11) is 1.61. The van der Waals surface area contributed by atoms with Crippen LogP contribution in [0.4, 0.5) is 0 Å². The van der Waals surface area contributed by atoms with Crippen LogP contribution in [0.3, 0.4) is 0 Å². The Morgan fingerprint density at radius 1 is 1.73 bits per heavy atom. The molecule has 0 aliphatic heterocycles. The zero-order valence-corrected chi connectivity index (χ0v) is 7.00. The molecule has 0 radical (unpaired) electrons. The van der Waals surface area contributed by atoms with Crippen molar-refractivity contribution in [2.75, 3.05) is 7.05 Å². The number of rotatable bonds is 5. The molecule has 66 valence electrons. The van der Waals surface area contributed by atoms with Gasteiger partial charge in [-0.2, -0.15) is 0 Å². The van der Waals surface area contributed by atoms with Crippen LogP contribution < -0.4 is 11.1 Å². The van der Waals surface area contributed by atoms with Crippen LogP contribution in [0.5, 0.6) is 0 Å². The van der Waals surface area contributed by atoms with E-state index in [4.69, 9.17) is 10.8 Å². The molecule has 2 atom stereocenters. The summed E-state index contributed by atoms with van der Waals surface area (Å²) in [6.45, 7) is 1.98. The molecule has 4 nitrogen and oxygen atoms in total. The van der Waals surface area contributed by atoms with E-state index in [0.29, 0.717) is 0 Å². The van der Waals surface area contributed by atoms with E-state index in [-0.39, 0.29) is 6.04 Å². The molecule has 0 aliphatic rings. The molecule has 0 amide bonds. The van der Waals surface area contributed by atoms with Gasteiger partial charge in [-0.25, -0.2) is 0 Å². The topological polar surface area (TPSA) is 75.3 Å². The molecule has 0 aromatic carbocycles. The minimum Gasteiger partial charge on any atom is -0.480 e. The van der Waals surface area contributed by atoms with E-state index in [0.717, 1.165) is 12.8 Å². The van der Waals surface area contributed by atoms with Gasteiger partial charge in [0.2, 0.25) is 0 Å². The smallest absolute Gasteiger partial charge is 0.322 e. The van der Waals surface area contributed by atoms with Gasteiger partial charge in [0.1, 0.15) is 6.04 Å². The van der Waals surface area contributed by atoms with Crippen LogP contribution in [0.1, 0.15) is 19.8 Å². The first kappa shape index (κ1) is 10.4. The lowest BCUT2D eigenvalue weighted by atomic mass is 10.1. The lowest BCUT2D eigenvalue weighted by molar-refractivity contribution is -0.139. The Kier molecular flexibility index (Phi) is 4.81. The van der Waals surface area contributed by atoms with Crippen LogP contribution in [0.2, 0.25) is 0 Å².